The fraction of sp³-hybridized carbons (Fsp3) is 0.903. The molecule has 10 unspecified atom stereocenters. The van der Waals surface area contributed by atoms with Gasteiger partial charge in [0.25, 0.3) is 0 Å². The normalized spacial score (nSPS) is 14.4. The van der Waals surface area contributed by atoms with E-state index in [-0.39, 0.29) is 187 Å². The van der Waals surface area contributed by atoms with E-state index in [9.17, 15) is 47.9 Å². The van der Waals surface area contributed by atoms with Crippen molar-refractivity contribution >= 4 is 71.3 Å². The average molecular weight is 1940 g/mol. The van der Waals surface area contributed by atoms with Crippen LogP contribution in [0.1, 0.15) is 390 Å². The van der Waals surface area contributed by atoms with E-state index in [2.05, 4.69) is 80.9 Å². The lowest BCUT2D eigenvalue weighted by atomic mass is 9.98. The van der Waals surface area contributed by atoms with Gasteiger partial charge in [-0.05, 0) is 211 Å². The number of nitrogens with one attached hydrogen (secondary N) is 10. The first kappa shape index (κ1) is 147. The molecule has 31 heteroatoms. The number of ketones is 1. The van der Waals surface area contributed by atoms with Gasteiger partial charge < -0.3 is 101 Å². The van der Waals surface area contributed by atoms with Crippen molar-refractivity contribution < 1.29 is 95.7 Å². The van der Waals surface area contributed by atoms with E-state index in [0.717, 1.165) is 44.3 Å². The molecule has 0 saturated heterocycles. The number of Topliss-reactive ketones (excluding diaryl/α,β-unsaturated/α-hetero) is 1. The van der Waals surface area contributed by atoms with Crippen LogP contribution in [-0.2, 0) is 90.6 Å². The maximum atomic E-state index is 11.7. The molecule has 0 heterocycles. The molecule has 0 bridgehead atoms. The maximum absolute atomic E-state index is 11.7. The van der Waals surface area contributed by atoms with E-state index in [1.165, 1.54) is 19.3 Å². The van der Waals surface area contributed by atoms with Gasteiger partial charge in [0.15, 0.2) is 5.78 Å². The van der Waals surface area contributed by atoms with Crippen LogP contribution >= 0.6 is 11.8 Å². The van der Waals surface area contributed by atoms with Crippen LogP contribution < -0.4 is 53.2 Å². The monoisotopic (exact) mass is 1940 g/mol. The molecule has 0 radical (unpaired) electrons. The number of hydrogen-bond donors (Lipinski definition) is 11. The second kappa shape index (κ2) is 86.9. The molecule has 11 N–H and O–H groups in total. The topological polar surface area (TPSA) is 394 Å². The zero-order valence-electron chi connectivity index (χ0n) is 94.6. The van der Waals surface area contributed by atoms with Crippen LogP contribution in [0.5, 0.6) is 0 Å². The Bertz CT molecular complexity index is 2840. The molecule has 0 aromatic rings. The van der Waals surface area contributed by atoms with Gasteiger partial charge in [0.2, 0.25) is 0 Å². The van der Waals surface area contributed by atoms with Crippen molar-refractivity contribution in [2.75, 3.05) is 31.8 Å². The van der Waals surface area contributed by atoms with Crippen LogP contribution in [0.2, 0.25) is 0 Å². The minimum Gasteiger partial charge on any atom is -0.465 e. The first-order chi connectivity index (χ1) is 61.3. The molecule has 10 atom stereocenters. The number of aliphatic hydroxyl groups is 1. The zero-order chi connectivity index (χ0) is 107. The zero-order valence-corrected chi connectivity index (χ0v) is 95.4. The predicted molar refractivity (Wildman–Crippen MR) is 555 cm³/mol. The summed E-state index contributed by atoms with van der Waals surface area (Å²) in [6.45, 7) is 94.7. The van der Waals surface area contributed by atoms with Crippen molar-refractivity contribution in [3.63, 3.8) is 0 Å². The molecular weight excluding hydrogens is 1730 g/mol. The Morgan fingerprint density at radius 3 is 0.866 bits per heavy atom. The number of carbonyl (C=O) groups is 10. The lowest BCUT2D eigenvalue weighted by Gasteiger charge is -2.24. The molecule has 0 amide bonds. The molecule has 0 aromatic heterocycles. The molecule has 0 aliphatic heterocycles. The molecule has 0 spiro atoms. The standard InChI is InChI=1S/C12H23NO2.2C12H25NO2.C11H23NO2S.2C11H23NO2.C10H21NO2.C9H19NO2.C8H17NO2.C7H15NO2/c1-9(2)13-10(3)12(14)15-11-7-5-4-6-8-11;2*1-8(2)7-11(13-9(3)4)12(14)15-10(5)6;1-8(2)12-10(6-7-15-5)11(13)14-9(3)4;1-8(2)12-9(3)10(13)14-7-11(4,5)6;1-7(2)10(12-8(3)4)11(13)14-9(5)6;1-6-9(11-7(2)3)10(12)13-8(4)5;1-6(2)10-8(5)9(11)12-7(3)4;1-5-11-8(10)7(4)9-6(2)3;1-5(2)8-6(3)7(10)4-9/h9-11,13H,4-8H2,1-3H3;2*8-11,13H,7H2,1-6H3;8-10,12H,6-7H2,1-5H3;8-9,12H,7H2,1-6H3;7-10,12H,1-6H3;7-9,11H,6H2,1-5H3;6-8,10H,1-5H3;6-7,9H,5H2,1-4H3;5-6,8-9H,4H2,1-3H3. The number of aliphatic hydroxyl groups excluding tert-OH is 1. The highest BCUT2D eigenvalue weighted by Gasteiger charge is 2.29. The third-order valence-electron chi connectivity index (χ3n) is 17.0. The van der Waals surface area contributed by atoms with Crippen LogP contribution in [0.4, 0.5) is 0 Å². The Morgan fingerprint density at radius 1 is 0.321 bits per heavy atom. The third-order valence-corrected chi connectivity index (χ3v) is 17.6. The quantitative estimate of drug-likeness (QED) is 0.0199. The van der Waals surface area contributed by atoms with E-state index < -0.39 is 0 Å². The molecular formula is C103H214N10O20S. The van der Waals surface area contributed by atoms with Gasteiger partial charge in [-0.1, -0.05) is 214 Å². The third kappa shape index (κ3) is 103. The van der Waals surface area contributed by atoms with E-state index in [0.29, 0.717) is 79.4 Å². The number of rotatable bonds is 49. The largest absolute Gasteiger partial charge is 0.465 e. The lowest BCUT2D eigenvalue weighted by Crippen LogP contribution is -2.46. The predicted octanol–water partition coefficient (Wildman–Crippen LogP) is 16.8. The summed E-state index contributed by atoms with van der Waals surface area (Å²) in [5.74, 6) is 0.711. The highest BCUT2D eigenvalue weighted by Crippen LogP contribution is 2.21. The SMILES string of the molecule is CC(C)CC(NC(C)C)C(=O)OC(C)C.CC(C)CC(NC(C)C)C(=O)OC(C)C.CC(C)NC(C(=O)OC(C)C)C(C)C.CC(C)NC(C)C(=O)CO.CC(C)NC(C)C(=O)OC(C)C.CC(C)NC(C)C(=O)OC1CCCCC1.CC(C)NC(C)C(=O)OCC(C)(C)C.CCC(NC(C)C)C(=O)OC(C)C.CCOC(=O)C(C)NC(C)C.CSCCC(NC(C)C)C(=O)OC(C)C. The average Bonchev–Trinajstić information content (AvgIpc) is 0.900. The second-order valence-electron chi connectivity index (χ2n) is 41.4. The number of thioether (sulfide) groups is 1. The van der Waals surface area contributed by atoms with E-state index in [1.807, 2.05) is 290 Å². The molecule has 1 rings (SSSR count). The Kier molecular flexibility index (Phi) is 95.0. The van der Waals surface area contributed by atoms with Crippen LogP contribution in [0, 0.1) is 23.2 Å². The molecule has 30 nitrogen and oxygen atoms in total. The molecule has 1 saturated carbocycles. The van der Waals surface area contributed by atoms with Gasteiger partial charge in [-0.2, -0.15) is 11.8 Å². The van der Waals surface area contributed by atoms with Gasteiger partial charge in [-0.25, -0.2) is 0 Å². The molecule has 1 fully saturated rings. The fourth-order valence-corrected chi connectivity index (χ4v) is 12.3. The summed E-state index contributed by atoms with van der Waals surface area (Å²) in [5.41, 5.74) is 0.0349. The molecule has 802 valence electrons. The van der Waals surface area contributed by atoms with E-state index in [1.54, 1.807) is 32.5 Å². The summed E-state index contributed by atoms with van der Waals surface area (Å²) in [4.78, 5) is 114. The van der Waals surface area contributed by atoms with Gasteiger partial charge in [0.05, 0.1) is 55.9 Å². The van der Waals surface area contributed by atoms with Gasteiger partial charge in [0.1, 0.15) is 67.1 Å². The summed E-state index contributed by atoms with van der Waals surface area (Å²) in [6.07, 6.45) is 11.0. The Morgan fingerprint density at radius 2 is 0.590 bits per heavy atom. The van der Waals surface area contributed by atoms with Crippen molar-refractivity contribution in [2.24, 2.45) is 23.2 Å². The highest BCUT2D eigenvalue weighted by atomic mass is 32.2. The smallest absolute Gasteiger partial charge is 0.323 e. The maximum Gasteiger partial charge on any atom is 0.323 e. The van der Waals surface area contributed by atoms with Gasteiger partial charge in [-0.3, -0.25) is 47.9 Å². The molecule has 1 aliphatic carbocycles. The van der Waals surface area contributed by atoms with Crippen molar-refractivity contribution in [1.82, 2.24) is 53.2 Å². The number of ether oxygens (including phenoxy) is 9. The second-order valence-corrected chi connectivity index (χ2v) is 42.3. The number of carbonyl (C=O) groups excluding carboxylic acids is 10. The van der Waals surface area contributed by atoms with Crippen LogP contribution in [-0.4, -0.2) is 260 Å². The van der Waals surface area contributed by atoms with E-state index >= 15 is 0 Å². The summed E-state index contributed by atoms with van der Waals surface area (Å²) >= 11 is 1.75. The minimum absolute atomic E-state index is 0.0319. The fourth-order valence-electron chi connectivity index (χ4n) is 11.8. The summed E-state index contributed by atoms with van der Waals surface area (Å²) in [6, 6.07) is 1.09. The minimum atomic E-state index is -0.374. The molecule has 1 aliphatic rings. The van der Waals surface area contributed by atoms with Crippen molar-refractivity contribution in [3.05, 3.63) is 0 Å². The van der Waals surface area contributed by atoms with Crippen LogP contribution in [0.25, 0.3) is 0 Å². The first-order valence-corrected chi connectivity index (χ1v) is 51.7. The number of hydrogen-bond acceptors (Lipinski definition) is 31. The summed E-state index contributed by atoms with van der Waals surface area (Å²) in [7, 11) is 0. The lowest BCUT2D eigenvalue weighted by molar-refractivity contribution is -0.153. The first-order valence-electron chi connectivity index (χ1n) is 50.3. The van der Waals surface area contributed by atoms with Crippen LogP contribution in [0.15, 0.2) is 0 Å². The van der Waals surface area contributed by atoms with Crippen LogP contribution in [0.3, 0.4) is 0 Å². The summed E-state index contributed by atoms with van der Waals surface area (Å²) in [5, 5.41) is 39.9. The number of esters is 9. The van der Waals surface area contributed by atoms with Crippen molar-refractivity contribution in [2.45, 2.75) is 554 Å². The molecule has 134 heavy (non-hydrogen) atoms. The van der Waals surface area contributed by atoms with Gasteiger partial charge in [-0.15, -0.1) is 0 Å². The highest BCUT2D eigenvalue weighted by molar-refractivity contribution is 7.98. The Balaban J connectivity index is -0.000000186. The van der Waals surface area contributed by atoms with Gasteiger partial charge >= 0.3 is 53.7 Å². The van der Waals surface area contributed by atoms with Gasteiger partial charge in [0, 0.05) is 60.4 Å². The molecule has 0 aromatic carbocycles. The Labute approximate surface area is 824 Å². The summed E-state index contributed by atoms with van der Waals surface area (Å²) < 4.78 is 46.3. The Hall–Kier alpha value is -5.19. The van der Waals surface area contributed by atoms with E-state index in [4.69, 9.17) is 47.7 Å². The van der Waals surface area contributed by atoms with Crippen molar-refractivity contribution in [1.29, 1.82) is 0 Å². The van der Waals surface area contributed by atoms with Crippen molar-refractivity contribution in [3.8, 4) is 0 Å².